The maximum absolute atomic E-state index is 11.9. The van der Waals surface area contributed by atoms with E-state index in [0.717, 1.165) is 27.8 Å². The van der Waals surface area contributed by atoms with Crippen LogP contribution >= 0.6 is 15.9 Å². The van der Waals surface area contributed by atoms with E-state index >= 15 is 0 Å². The van der Waals surface area contributed by atoms with Crippen LogP contribution in [0.4, 0.5) is 4.79 Å². The fourth-order valence-electron chi connectivity index (χ4n) is 2.39. The Labute approximate surface area is 169 Å². The van der Waals surface area contributed by atoms with Crippen molar-refractivity contribution < 1.29 is 14.3 Å². The molecule has 0 bridgehead atoms. The maximum Gasteiger partial charge on any atom is 0.407 e. The Morgan fingerprint density at radius 2 is 1.89 bits per heavy atom. The molecule has 0 atom stereocenters. The number of ether oxygens (including phenoxy) is 2. The van der Waals surface area contributed by atoms with E-state index in [9.17, 15) is 4.79 Å². The summed E-state index contributed by atoms with van der Waals surface area (Å²) in [4.78, 5) is 11.9. The van der Waals surface area contributed by atoms with Crippen molar-refractivity contribution in [3.63, 3.8) is 0 Å². The normalized spacial score (nSPS) is 11.0. The van der Waals surface area contributed by atoms with Crippen LogP contribution in [0.3, 0.4) is 0 Å². The molecular weight excluding hydrogens is 406 g/mol. The molecular formula is C22H26BrNO3. The van der Waals surface area contributed by atoms with Crippen molar-refractivity contribution in [1.29, 1.82) is 0 Å². The van der Waals surface area contributed by atoms with Gasteiger partial charge in [0.15, 0.2) is 0 Å². The zero-order valence-electron chi connectivity index (χ0n) is 16.0. The molecule has 1 N–H and O–H groups in total. The fourth-order valence-corrected chi connectivity index (χ4v) is 2.73. The minimum Gasteiger partial charge on any atom is -0.493 e. The molecule has 4 nitrogen and oxygen atoms in total. The summed E-state index contributed by atoms with van der Waals surface area (Å²) in [6, 6.07) is 14.0. The molecule has 1 amide bonds. The minimum atomic E-state index is -0.524. The van der Waals surface area contributed by atoms with Crippen molar-refractivity contribution in [2.24, 2.45) is 0 Å². The molecule has 0 spiro atoms. The van der Waals surface area contributed by atoms with E-state index in [2.05, 4.69) is 40.0 Å². The van der Waals surface area contributed by atoms with Gasteiger partial charge in [-0.05, 0) is 44.0 Å². The first-order chi connectivity index (χ1) is 12.8. The highest BCUT2D eigenvalue weighted by molar-refractivity contribution is 9.10. The lowest BCUT2D eigenvalue weighted by Gasteiger charge is -2.20. The molecule has 0 unspecified atom stereocenters. The predicted octanol–water partition coefficient (Wildman–Crippen LogP) is 5.74. The number of carbonyl (C=O) groups is 1. The number of halogens is 1. The van der Waals surface area contributed by atoms with Gasteiger partial charge in [-0.1, -0.05) is 58.9 Å². The highest BCUT2D eigenvalue weighted by atomic mass is 79.9. The Balaban J connectivity index is 1.94. The van der Waals surface area contributed by atoms with Crippen LogP contribution in [-0.2, 0) is 17.7 Å². The summed E-state index contributed by atoms with van der Waals surface area (Å²) in [7, 11) is 0. The van der Waals surface area contributed by atoms with Crippen molar-refractivity contribution in [2.75, 3.05) is 6.61 Å². The molecule has 2 aromatic rings. The molecule has 0 heterocycles. The standard InChI is InChI=1S/C22H26BrNO3/c1-5-16-6-8-17(9-7-16)12-13-26-20-14-19(23)11-10-18(20)15-24-21(25)27-22(2,3)4/h5-11,14H,1,12-13,15H2,2-4H3,(H,24,25). The number of carbonyl (C=O) groups excluding carboxylic acids is 1. The van der Waals surface area contributed by atoms with E-state index in [1.54, 1.807) is 0 Å². The van der Waals surface area contributed by atoms with Crippen molar-refractivity contribution in [2.45, 2.75) is 39.3 Å². The van der Waals surface area contributed by atoms with Crippen LogP contribution in [0.1, 0.15) is 37.5 Å². The number of amides is 1. The van der Waals surface area contributed by atoms with Gasteiger partial charge in [0, 0.05) is 23.0 Å². The van der Waals surface area contributed by atoms with Crippen LogP contribution in [-0.4, -0.2) is 18.3 Å². The van der Waals surface area contributed by atoms with E-state index in [1.807, 2.05) is 57.2 Å². The lowest BCUT2D eigenvalue weighted by Crippen LogP contribution is -2.32. The summed E-state index contributed by atoms with van der Waals surface area (Å²) in [5.41, 5.74) is 2.67. The first-order valence-corrected chi connectivity index (χ1v) is 9.65. The summed E-state index contributed by atoms with van der Waals surface area (Å²) >= 11 is 3.47. The van der Waals surface area contributed by atoms with E-state index in [0.29, 0.717) is 13.2 Å². The Kier molecular flexibility index (Phi) is 7.48. The molecule has 144 valence electrons. The van der Waals surface area contributed by atoms with Gasteiger partial charge in [0.25, 0.3) is 0 Å². The van der Waals surface area contributed by atoms with Crippen molar-refractivity contribution in [1.82, 2.24) is 5.32 Å². The number of hydrogen-bond acceptors (Lipinski definition) is 3. The molecule has 0 aliphatic carbocycles. The van der Waals surface area contributed by atoms with Crippen molar-refractivity contribution in [3.05, 3.63) is 70.2 Å². The summed E-state index contributed by atoms with van der Waals surface area (Å²) in [5, 5.41) is 2.77. The molecule has 0 aliphatic heterocycles. The third-order valence-electron chi connectivity index (χ3n) is 3.71. The number of rotatable bonds is 7. The van der Waals surface area contributed by atoms with E-state index in [-0.39, 0.29) is 0 Å². The Morgan fingerprint density at radius 1 is 1.19 bits per heavy atom. The average Bonchev–Trinajstić information content (AvgIpc) is 2.60. The smallest absolute Gasteiger partial charge is 0.407 e. The molecule has 0 radical (unpaired) electrons. The maximum atomic E-state index is 11.9. The number of benzene rings is 2. The third-order valence-corrected chi connectivity index (χ3v) is 4.21. The molecule has 2 aromatic carbocycles. The Hall–Kier alpha value is -2.27. The number of nitrogens with one attached hydrogen (secondary N) is 1. The van der Waals surface area contributed by atoms with Crippen LogP contribution in [0.25, 0.3) is 6.08 Å². The quantitative estimate of drug-likeness (QED) is 0.607. The SMILES string of the molecule is C=Cc1ccc(CCOc2cc(Br)ccc2CNC(=O)OC(C)(C)C)cc1. The summed E-state index contributed by atoms with van der Waals surface area (Å²) in [6.45, 7) is 10.2. The third kappa shape index (κ3) is 7.47. The van der Waals surface area contributed by atoms with E-state index in [1.165, 1.54) is 5.56 Å². The lowest BCUT2D eigenvalue weighted by molar-refractivity contribution is 0.0523. The largest absolute Gasteiger partial charge is 0.493 e. The van der Waals surface area contributed by atoms with E-state index in [4.69, 9.17) is 9.47 Å². The first kappa shape index (κ1) is 21.0. The van der Waals surface area contributed by atoms with Crippen molar-refractivity contribution >= 4 is 28.1 Å². The van der Waals surface area contributed by atoms with Crippen LogP contribution in [0.2, 0.25) is 0 Å². The van der Waals surface area contributed by atoms with Gasteiger partial charge in [0.1, 0.15) is 11.4 Å². The molecule has 0 fully saturated rings. The first-order valence-electron chi connectivity index (χ1n) is 8.86. The van der Waals surface area contributed by atoms with Gasteiger partial charge in [-0.2, -0.15) is 0 Å². The van der Waals surface area contributed by atoms with Gasteiger partial charge >= 0.3 is 6.09 Å². The zero-order valence-corrected chi connectivity index (χ0v) is 17.6. The van der Waals surface area contributed by atoms with Gasteiger partial charge in [0.2, 0.25) is 0 Å². The summed E-state index contributed by atoms with van der Waals surface area (Å²) in [5.74, 6) is 0.739. The second-order valence-corrected chi connectivity index (χ2v) is 8.07. The van der Waals surface area contributed by atoms with Gasteiger partial charge in [-0.15, -0.1) is 0 Å². The van der Waals surface area contributed by atoms with Crippen LogP contribution in [0.15, 0.2) is 53.5 Å². The number of alkyl carbamates (subject to hydrolysis) is 1. The van der Waals surface area contributed by atoms with Crippen LogP contribution in [0, 0.1) is 0 Å². The number of hydrogen-bond donors (Lipinski definition) is 1. The summed E-state index contributed by atoms with van der Waals surface area (Å²) < 4.78 is 12.2. The molecule has 0 saturated carbocycles. The predicted molar refractivity (Wildman–Crippen MR) is 113 cm³/mol. The minimum absolute atomic E-state index is 0.339. The zero-order chi connectivity index (χ0) is 19.9. The Bertz CT molecular complexity index is 779. The molecule has 5 heteroatoms. The lowest BCUT2D eigenvalue weighted by atomic mass is 10.1. The molecule has 0 aliphatic rings. The fraction of sp³-hybridized carbons (Fsp3) is 0.318. The second kappa shape index (κ2) is 9.60. The summed E-state index contributed by atoms with van der Waals surface area (Å²) in [6.07, 6.45) is 2.17. The van der Waals surface area contributed by atoms with Crippen LogP contribution in [0.5, 0.6) is 5.75 Å². The molecule has 0 aromatic heterocycles. The highest BCUT2D eigenvalue weighted by Crippen LogP contribution is 2.24. The topological polar surface area (TPSA) is 47.6 Å². The monoisotopic (exact) mass is 431 g/mol. The molecule has 2 rings (SSSR count). The van der Waals surface area contributed by atoms with Crippen LogP contribution < -0.4 is 10.1 Å². The van der Waals surface area contributed by atoms with Crippen molar-refractivity contribution in [3.8, 4) is 5.75 Å². The van der Waals surface area contributed by atoms with Gasteiger partial charge in [-0.25, -0.2) is 4.79 Å². The highest BCUT2D eigenvalue weighted by Gasteiger charge is 2.16. The molecule has 0 saturated heterocycles. The Morgan fingerprint density at radius 3 is 2.52 bits per heavy atom. The van der Waals surface area contributed by atoms with Gasteiger partial charge in [-0.3, -0.25) is 0 Å². The van der Waals surface area contributed by atoms with Gasteiger partial charge < -0.3 is 14.8 Å². The molecule has 27 heavy (non-hydrogen) atoms. The second-order valence-electron chi connectivity index (χ2n) is 7.15. The van der Waals surface area contributed by atoms with Gasteiger partial charge in [0.05, 0.1) is 6.61 Å². The average molecular weight is 432 g/mol. The van der Waals surface area contributed by atoms with E-state index < -0.39 is 11.7 Å².